The maximum absolute atomic E-state index is 12.2. The molecule has 0 aromatic heterocycles. The second-order valence-electron chi connectivity index (χ2n) is 5.15. The van der Waals surface area contributed by atoms with E-state index < -0.39 is 17.9 Å². The van der Waals surface area contributed by atoms with Crippen molar-refractivity contribution in [1.29, 1.82) is 0 Å². The molecule has 1 aliphatic rings. The molecular weight excluding hydrogens is 286 g/mol. The highest BCUT2D eigenvalue weighted by Crippen LogP contribution is 2.33. The maximum atomic E-state index is 12.2. The van der Waals surface area contributed by atoms with Crippen molar-refractivity contribution in [3.8, 4) is 11.5 Å². The average Bonchev–Trinajstić information content (AvgIpc) is 3.31. The molecule has 2 rings (SSSR count). The summed E-state index contributed by atoms with van der Waals surface area (Å²) in [6, 6.07) is 4.02. The molecular formula is C16H21NO5. The molecule has 0 saturated heterocycles. The first-order chi connectivity index (χ1) is 10.6. The number of carbonyl (C=O) groups is 2. The van der Waals surface area contributed by atoms with Gasteiger partial charge in [-0.25, -0.2) is 4.79 Å². The third-order valence-corrected chi connectivity index (χ3v) is 3.45. The molecule has 1 amide bonds. The lowest BCUT2D eigenvalue weighted by Crippen LogP contribution is -2.42. The fourth-order valence-corrected chi connectivity index (χ4v) is 2.23. The molecule has 1 fully saturated rings. The predicted octanol–water partition coefficient (Wildman–Crippen LogP) is 2.08. The summed E-state index contributed by atoms with van der Waals surface area (Å²) in [6.45, 7) is 4.65. The first-order valence-corrected chi connectivity index (χ1v) is 7.50. The van der Waals surface area contributed by atoms with E-state index in [-0.39, 0.29) is 5.92 Å². The van der Waals surface area contributed by atoms with E-state index >= 15 is 0 Å². The molecule has 1 aliphatic carbocycles. The molecule has 1 saturated carbocycles. The van der Waals surface area contributed by atoms with Crippen LogP contribution in [0.5, 0.6) is 11.5 Å². The van der Waals surface area contributed by atoms with Crippen LogP contribution in [0.4, 0.5) is 0 Å². The van der Waals surface area contributed by atoms with Gasteiger partial charge >= 0.3 is 5.97 Å². The number of ether oxygens (including phenoxy) is 2. The Morgan fingerprint density at radius 3 is 2.41 bits per heavy atom. The van der Waals surface area contributed by atoms with Crippen LogP contribution in [-0.2, 0) is 4.79 Å². The number of aliphatic carboxylic acids is 1. The van der Waals surface area contributed by atoms with Crippen LogP contribution in [0.3, 0.4) is 0 Å². The van der Waals surface area contributed by atoms with Crippen molar-refractivity contribution >= 4 is 11.9 Å². The Kier molecular flexibility index (Phi) is 5.25. The monoisotopic (exact) mass is 307 g/mol. The summed E-state index contributed by atoms with van der Waals surface area (Å²) < 4.78 is 10.9. The Labute approximate surface area is 129 Å². The molecule has 0 spiro atoms. The van der Waals surface area contributed by atoms with E-state index in [0.29, 0.717) is 30.3 Å². The summed E-state index contributed by atoms with van der Waals surface area (Å²) >= 11 is 0. The zero-order valence-electron chi connectivity index (χ0n) is 12.8. The Balaban J connectivity index is 2.14. The summed E-state index contributed by atoms with van der Waals surface area (Å²) in [4.78, 5) is 23.4. The van der Waals surface area contributed by atoms with Crippen LogP contribution in [0, 0.1) is 5.92 Å². The van der Waals surface area contributed by atoms with Crippen molar-refractivity contribution in [3.05, 3.63) is 23.8 Å². The fraction of sp³-hybridized carbons (Fsp3) is 0.500. The number of hydrogen-bond acceptors (Lipinski definition) is 4. The van der Waals surface area contributed by atoms with Crippen molar-refractivity contribution < 1.29 is 24.2 Å². The average molecular weight is 307 g/mol. The van der Waals surface area contributed by atoms with Gasteiger partial charge in [0.1, 0.15) is 6.04 Å². The molecule has 1 atom stereocenters. The van der Waals surface area contributed by atoms with Crippen molar-refractivity contribution in [2.24, 2.45) is 5.92 Å². The van der Waals surface area contributed by atoms with E-state index in [1.165, 1.54) is 0 Å². The lowest BCUT2D eigenvalue weighted by Gasteiger charge is -2.15. The first kappa shape index (κ1) is 16.1. The third-order valence-electron chi connectivity index (χ3n) is 3.45. The number of amides is 1. The van der Waals surface area contributed by atoms with Crippen LogP contribution in [0.15, 0.2) is 18.2 Å². The molecule has 22 heavy (non-hydrogen) atoms. The standard InChI is InChI=1S/C16H21NO5/c1-3-21-12-8-7-11(9-13(12)22-4-2)15(18)17-14(16(19)20)10-5-6-10/h7-10,14H,3-6H2,1-2H3,(H,17,18)(H,19,20). The topological polar surface area (TPSA) is 84.9 Å². The molecule has 0 radical (unpaired) electrons. The van der Waals surface area contributed by atoms with Gasteiger partial charge in [0.2, 0.25) is 0 Å². The van der Waals surface area contributed by atoms with E-state index in [0.717, 1.165) is 12.8 Å². The van der Waals surface area contributed by atoms with Gasteiger partial charge in [-0.1, -0.05) is 0 Å². The van der Waals surface area contributed by atoms with Gasteiger partial charge in [0.05, 0.1) is 13.2 Å². The zero-order valence-corrected chi connectivity index (χ0v) is 12.8. The lowest BCUT2D eigenvalue weighted by molar-refractivity contribution is -0.139. The Morgan fingerprint density at radius 1 is 1.23 bits per heavy atom. The largest absolute Gasteiger partial charge is 0.490 e. The predicted molar refractivity (Wildman–Crippen MR) is 80.4 cm³/mol. The minimum Gasteiger partial charge on any atom is -0.490 e. The lowest BCUT2D eigenvalue weighted by atomic mass is 10.1. The summed E-state index contributed by atoms with van der Waals surface area (Å²) in [7, 11) is 0. The molecule has 0 heterocycles. The minimum atomic E-state index is -0.994. The molecule has 2 N–H and O–H groups in total. The quantitative estimate of drug-likeness (QED) is 0.768. The van der Waals surface area contributed by atoms with E-state index in [9.17, 15) is 14.7 Å². The van der Waals surface area contributed by atoms with E-state index in [1.807, 2.05) is 13.8 Å². The molecule has 1 aromatic rings. The smallest absolute Gasteiger partial charge is 0.326 e. The number of rotatable bonds is 8. The second kappa shape index (κ2) is 7.15. The van der Waals surface area contributed by atoms with Crippen molar-refractivity contribution in [2.75, 3.05) is 13.2 Å². The summed E-state index contributed by atoms with van der Waals surface area (Å²) in [5.74, 6) is -0.321. The maximum Gasteiger partial charge on any atom is 0.326 e. The second-order valence-corrected chi connectivity index (χ2v) is 5.15. The van der Waals surface area contributed by atoms with E-state index in [4.69, 9.17) is 9.47 Å². The van der Waals surface area contributed by atoms with Gasteiger partial charge in [-0.2, -0.15) is 0 Å². The highest BCUT2D eigenvalue weighted by Gasteiger charge is 2.37. The molecule has 0 bridgehead atoms. The highest BCUT2D eigenvalue weighted by molar-refractivity contribution is 5.97. The zero-order chi connectivity index (χ0) is 16.1. The number of hydrogen-bond donors (Lipinski definition) is 2. The third kappa shape index (κ3) is 3.90. The number of carboxylic acids is 1. The first-order valence-electron chi connectivity index (χ1n) is 7.50. The fourth-order valence-electron chi connectivity index (χ4n) is 2.23. The molecule has 1 unspecified atom stereocenters. The van der Waals surface area contributed by atoms with Crippen LogP contribution >= 0.6 is 0 Å². The molecule has 0 aliphatic heterocycles. The normalized spacial score (nSPS) is 15.0. The molecule has 120 valence electrons. The van der Waals surface area contributed by atoms with E-state index in [1.54, 1.807) is 18.2 Å². The summed E-state index contributed by atoms with van der Waals surface area (Å²) in [5, 5.41) is 11.8. The van der Waals surface area contributed by atoms with Crippen LogP contribution in [0.2, 0.25) is 0 Å². The number of benzene rings is 1. The van der Waals surface area contributed by atoms with Gasteiger partial charge in [-0.05, 0) is 50.8 Å². The highest BCUT2D eigenvalue weighted by atomic mass is 16.5. The van der Waals surface area contributed by atoms with Gasteiger partial charge in [0, 0.05) is 5.56 Å². The van der Waals surface area contributed by atoms with Crippen LogP contribution < -0.4 is 14.8 Å². The van der Waals surface area contributed by atoms with Gasteiger partial charge in [-0.3, -0.25) is 4.79 Å². The van der Waals surface area contributed by atoms with Crippen molar-refractivity contribution in [3.63, 3.8) is 0 Å². The van der Waals surface area contributed by atoms with Crippen LogP contribution in [-0.4, -0.2) is 36.2 Å². The summed E-state index contributed by atoms with van der Waals surface area (Å²) in [5.41, 5.74) is 0.360. The van der Waals surface area contributed by atoms with Gasteiger partial charge in [0.15, 0.2) is 11.5 Å². The van der Waals surface area contributed by atoms with Crippen LogP contribution in [0.25, 0.3) is 0 Å². The van der Waals surface area contributed by atoms with Gasteiger partial charge < -0.3 is 19.9 Å². The molecule has 1 aromatic carbocycles. The Bertz CT molecular complexity index is 553. The van der Waals surface area contributed by atoms with Gasteiger partial charge in [-0.15, -0.1) is 0 Å². The van der Waals surface area contributed by atoms with Crippen molar-refractivity contribution in [2.45, 2.75) is 32.7 Å². The van der Waals surface area contributed by atoms with Crippen LogP contribution in [0.1, 0.15) is 37.0 Å². The van der Waals surface area contributed by atoms with Gasteiger partial charge in [0.25, 0.3) is 5.91 Å². The number of carbonyl (C=O) groups excluding carboxylic acids is 1. The summed E-state index contributed by atoms with van der Waals surface area (Å²) in [6.07, 6.45) is 1.68. The SMILES string of the molecule is CCOc1ccc(C(=O)NC(C(=O)O)C2CC2)cc1OCC. The minimum absolute atomic E-state index is 0.0375. The Morgan fingerprint density at radius 2 is 1.86 bits per heavy atom. The Hall–Kier alpha value is -2.24. The number of carboxylic acid groups (broad SMARTS) is 1. The molecule has 6 nitrogen and oxygen atoms in total. The molecule has 6 heteroatoms. The number of nitrogens with one attached hydrogen (secondary N) is 1. The van der Waals surface area contributed by atoms with Crippen molar-refractivity contribution in [1.82, 2.24) is 5.32 Å². The van der Waals surface area contributed by atoms with E-state index in [2.05, 4.69) is 5.32 Å².